The maximum atomic E-state index is 14.4. The molecule has 2 N–H and O–H groups in total. The molecule has 0 atom stereocenters. The number of aromatic nitrogens is 7. The van der Waals surface area contributed by atoms with Gasteiger partial charge in [0.15, 0.2) is 5.82 Å². The number of halogens is 8. The summed E-state index contributed by atoms with van der Waals surface area (Å²) in [5.74, 6) is -4.03. The molecule has 0 bridgehead atoms. The molecular weight excluding hydrogens is 669 g/mol. The molecule has 248 valence electrons. The van der Waals surface area contributed by atoms with Crippen molar-refractivity contribution in [2.45, 2.75) is 31.5 Å². The smallest absolute Gasteiger partial charge is 0.383 e. The molecule has 0 aliphatic carbocycles. The lowest BCUT2D eigenvalue weighted by Gasteiger charge is -2.26. The molecule has 0 fully saturated rings. The van der Waals surface area contributed by atoms with Crippen LogP contribution in [0.2, 0.25) is 5.02 Å². The minimum atomic E-state index is -6.47. The van der Waals surface area contributed by atoms with Gasteiger partial charge in [0.25, 0.3) is 11.8 Å². The van der Waals surface area contributed by atoms with Gasteiger partial charge in [-0.2, -0.15) is 41.5 Å². The Balaban J connectivity index is 1.75. The van der Waals surface area contributed by atoms with E-state index in [1.165, 1.54) is 44.5 Å². The van der Waals surface area contributed by atoms with E-state index < -0.39 is 42.2 Å². The van der Waals surface area contributed by atoms with Gasteiger partial charge in [0.1, 0.15) is 12.2 Å². The van der Waals surface area contributed by atoms with E-state index in [1.54, 1.807) is 0 Å². The number of nitriles is 1. The van der Waals surface area contributed by atoms with Crippen molar-refractivity contribution in [3.05, 3.63) is 75.5 Å². The fraction of sp³-hybridized carbons (Fsp3) is 0.308. The van der Waals surface area contributed by atoms with Crippen molar-refractivity contribution < 1.29 is 45.1 Å². The molecule has 13 nitrogen and oxygen atoms in total. The molecule has 3 heterocycles. The summed E-state index contributed by atoms with van der Waals surface area (Å²) < 4.78 is 99.2. The average molecular weight is 689 g/mol. The molecule has 4 rings (SSSR count). The molecule has 2 amide bonds. The Morgan fingerprint density at radius 1 is 1.06 bits per heavy atom. The summed E-state index contributed by atoms with van der Waals surface area (Å²) in [7, 11) is 1.42. The Labute approximate surface area is 264 Å². The van der Waals surface area contributed by atoms with E-state index in [4.69, 9.17) is 16.3 Å². The third kappa shape index (κ3) is 7.00. The van der Waals surface area contributed by atoms with Gasteiger partial charge in [-0.05, 0) is 48.0 Å². The van der Waals surface area contributed by atoms with E-state index in [0.717, 1.165) is 10.7 Å². The van der Waals surface area contributed by atoms with E-state index >= 15 is 0 Å². The molecule has 0 saturated heterocycles. The Hall–Kier alpha value is -5.16. The number of amides is 2. The van der Waals surface area contributed by atoms with Crippen LogP contribution >= 0.6 is 11.6 Å². The molecule has 21 heteroatoms. The highest BCUT2D eigenvalue weighted by Gasteiger charge is 2.76. The van der Waals surface area contributed by atoms with E-state index in [2.05, 4.69) is 36.1 Å². The molecule has 0 aliphatic rings. The fourth-order valence-electron chi connectivity index (χ4n) is 4.11. The molecule has 3 aromatic heterocycles. The average Bonchev–Trinajstić information content (AvgIpc) is 3.64. The van der Waals surface area contributed by atoms with Gasteiger partial charge in [-0.15, -0.1) is 10.2 Å². The van der Waals surface area contributed by atoms with Crippen LogP contribution in [0.25, 0.3) is 5.82 Å². The quantitative estimate of drug-likeness (QED) is 0.185. The van der Waals surface area contributed by atoms with E-state index in [0.29, 0.717) is 5.56 Å². The zero-order valence-electron chi connectivity index (χ0n) is 23.9. The summed E-state index contributed by atoms with van der Waals surface area (Å²) >= 11 is 6.25. The summed E-state index contributed by atoms with van der Waals surface area (Å²) in [5.41, 5.74) is -6.17. The van der Waals surface area contributed by atoms with Crippen molar-refractivity contribution in [2.75, 3.05) is 25.6 Å². The Kier molecular flexibility index (Phi) is 9.81. The predicted molar refractivity (Wildman–Crippen MR) is 146 cm³/mol. The number of hydrogen-bond donors (Lipinski definition) is 2. The number of pyridine rings is 1. The first-order chi connectivity index (χ1) is 22.0. The zero-order valence-corrected chi connectivity index (χ0v) is 24.7. The molecule has 0 aliphatic heterocycles. The molecule has 47 heavy (non-hydrogen) atoms. The number of anilines is 1. The molecule has 0 spiro atoms. The van der Waals surface area contributed by atoms with Gasteiger partial charge < -0.3 is 15.4 Å². The Morgan fingerprint density at radius 2 is 1.77 bits per heavy atom. The van der Waals surface area contributed by atoms with Crippen LogP contribution in [0.4, 0.5) is 36.4 Å². The summed E-state index contributed by atoms with van der Waals surface area (Å²) in [5, 5.41) is 27.3. The zero-order chi connectivity index (χ0) is 34.7. The summed E-state index contributed by atoms with van der Waals surface area (Å²) in [6.07, 6.45) is -11.6. The minimum absolute atomic E-state index is 0.00786. The van der Waals surface area contributed by atoms with Crippen molar-refractivity contribution in [1.29, 1.82) is 5.26 Å². The second kappa shape index (κ2) is 13.3. The van der Waals surface area contributed by atoms with Gasteiger partial charge in [0, 0.05) is 19.9 Å². The maximum Gasteiger partial charge on any atom is 0.439 e. The number of hydrogen-bond acceptors (Lipinski definition) is 9. The number of rotatable bonds is 10. The third-order valence-electron chi connectivity index (χ3n) is 6.32. The van der Waals surface area contributed by atoms with Crippen LogP contribution in [0.5, 0.6) is 0 Å². The maximum absolute atomic E-state index is 14.4. The molecule has 4 aromatic rings. The van der Waals surface area contributed by atoms with Crippen LogP contribution < -0.4 is 10.6 Å². The molecule has 0 unspecified atom stereocenters. The van der Waals surface area contributed by atoms with Crippen LogP contribution in [0.3, 0.4) is 0 Å². The number of aryl methyl sites for hydroxylation is 1. The van der Waals surface area contributed by atoms with E-state index in [-0.39, 0.29) is 57.0 Å². The van der Waals surface area contributed by atoms with Gasteiger partial charge >= 0.3 is 18.0 Å². The third-order valence-corrected chi connectivity index (χ3v) is 6.61. The second-order valence-corrected chi connectivity index (χ2v) is 9.98. The van der Waals surface area contributed by atoms with Gasteiger partial charge in [0.2, 0.25) is 5.82 Å². The molecule has 0 saturated carbocycles. The minimum Gasteiger partial charge on any atom is -0.383 e. The summed E-state index contributed by atoms with van der Waals surface area (Å²) in [6.45, 7) is 0.986. The second-order valence-electron chi connectivity index (χ2n) is 9.57. The van der Waals surface area contributed by atoms with Gasteiger partial charge in [-0.25, -0.2) is 14.1 Å². The van der Waals surface area contributed by atoms with Gasteiger partial charge in [-0.3, -0.25) is 9.59 Å². The SMILES string of the molecule is COCCNC(=O)c1cc(C#N)cc(C)c1NC(=O)c1cc(Cn2nnc(C(F)(C(F)(F)F)C(F)(F)F)n2)nn1-c1ncccc1Cl. The van der Waals surface area contributed by atoms with Crippen LogP contribution in [-0.2, 0) is 17.0 Å². The number of benzene rings is 1. The van der Waals surface area contributed by atoms with Gasteiger partial charge in [-0.1, -0.05) is 11.6 Å². The number of nitrogens with one attached hydrogen (secondary N) is 2. The summed E-state index contributed by atoms with van der Waals surface area (Å²) in [6, 6.07) is 8.45. The monoisotopic (exact) mass is 688 g/mol. The highest BCUT2D eigenvalue weighted by atomic mass is 35.5. The van der Waals surface area contributed by atoms with Crippen molar-refractivity contribution in [2.24, 2.45) is 0 Å². The van der Waals surface area contributed by atoms with E-state index in [9.17, 15) is 45.6 Å². The first-order valence-corrected chi connectivity index (χ1v) is 13.3. The topological polar surface area (TPSA) is 166 Å². The number of carbonyl (C=O) groups is 2. The first-order valence-electron chi connectivity index (χ1n) is 13.0. The van der Waals surface area contributed by atoms with Crippen molar-refractivity contribution >= 4 is 29.1 Å². The number of tetrazole rings is 1. The largest absolute Gasteiger partial charge is 0.439 e. The predicted octanol–water partition coefficient (Wildman–Crippen LogP) is 4.05. The molecule has 1 aromatic carbocycles. The molecular formula is C26H20ClF7N10O3. The normalized spacial score (nSPS) is 12.1. The number of methoxy groups -OCH3 is 1. The summed E-state index contributed by atoms with van der Waals surface area (Å²) in [4.78, 5) is 30.9. The van der Waals surface area contributed by atoms with Crippen molar-refractivity contribution in [1.82, 2.24) is 40.3 Å². The van der Waals surface area contributed by atoms with Crippen molar-refractivity contribution in [3.63, 3.8) is 0 Å². The standard InChI is InChI=1S/C26H20ClF7N10O3/c1-13-8-14(11-35)9-16(21(45)37-6-7-47-2)19(13)38-22(46)18-10-15(40-44(18)20-17(27)4-3-5-36-20)12-43-41-23(39-42-43)24(28,25(29,30)31)26(32,33)34/h3-5,8-10H,6-7,12H2,1-2H3,(H,37,45)(H,38,46). The fourth-order valence-corrected chi connectivity index (χ4v) is 4.31. The highest BCUT2D eigenvalue weighted by molar-refractivity contribution is 6.32. The number of ether oxygens (including phenoxy) is 1. The van der Waals surface area contributed by atoms with Gasteiger partial charge in [0.05, 0.1) is 40.2 Å². The lowest BCUT2D eigenvalue weighted by molar-refractivity contribution is -0.351. The highest BCUT2D eigenvalue weighted by Crippen LogP contribution is 2.51. The number of nitrogens with zero attached hydrogens (tertiary/aromatic N) is 8. The lowest BCUT2D eigenvalue weighted by Crippen LogP contribution is -2.51. The first kappa shape index (κ1) is 34.7. The van der Waals surface area contributed by atoms with Crippen LogP contribution in [0.1, 0.15) is 43.5 Å². The Bertz CT molecular complexity index is 1840. The molecule has 0 radical (unpaired) electrons. The lowest BCUT2D eigenvalue weighted by atomic mass is 10.0. The van der Waals surface area contributed by atoms with Crippen LogP contribution in [0.15, 0.2) is 36.5 Å². The number of alkyl halides is 7. The number of carbonyl (C=O) groups excluding carboxylic acids is 2. The van der Waals surface area contributed by atoms with Crippen LogP contribution in [-0.4, -0.2) is 79.4 Å². The van der Waals surface area contributed by atoms with Crippen molar-refractivity contribution in [3.8, 4) is 11.9 Å². The Morgan fingerprint density at radius 3 is 2.38 bits per heavy atom. The van der Waals surface area contributed by atoms with E-state index in [1.807, 2.05) is 6.07 Å². The van der Waals surface area contributed by atoms with Crippen LogP contribution in [0, 0.1) is 18.3 Å².